The second kappa shape index (κ2) is 4.94. The van der Waals surface area contributed by atoms with Gasteiger partial charge in [0.25, 0.3) is 0 Å². The molecule has 5 nitrogen and oxygen atoms in total. The molecular weight excluding hydrogens is 168 g/mol. The molecule has 1 aliphatic heterocycles. The summed E-state index contributed by atoms with van der Waals surface area (Å²) in [6.07, 6.45) is 1.39. The quantitative estimate of drug-likeness (QED) is 0.633. The molecule has 13 heavy (non-hydrogen) atoms. The average Bonchev–Trinajstić information content (AvgIpc) is 2.08. The van der Waals surface area contributed by atoms with Crippen LogP contribution < -0.4 is 5.73 Å². The van der Waals surface area contributed by atoms with Gasteiger partial charge in [0.2, 0.25) is 5.90 Å². The monoisotopic (exact) mass is 184 g/mol. The molecule has 0 bridgehead atoms. The van der Waals surface area contributed by atoms with Crippen LogP contribution in [-0.4, -0.2) is 57.0 Å². The van der Waals surface area contributed by atoms with Crippen LogP contribution in [0.2, 0.25) is 0 Å². The van der Waals surface area contributed by atoms with Crippen molar-refractivity contribution in [2.45, 2.75) is 6.17 Å². The second-order valence-corrected chi connectivity index (χ2v) is 3.18. The zero-order valence-electron chi connectivity index (χ0n) is 8.10. The van der Waals surface area contributed by atoms with Crippen LogP contribution >= 0.6 is 0 Å². The molecule has 5 heteroatoms. The molecule has 0 fully saturated rings. The molecule has 0 saturated heterocycles. The number of aliphatic imine (C=N–C) groups is 2. The SMILES string of the molecule is CN(C)CCOC1=NCC(N)N=C1. The summed E-state index contributed by atoms with van der Waals surface area (Å²) in [5, 5.41) is 0. The fourth-order valence-electron chi connectivity index (χ4n) is 0.847. The summed E-state index contributed by atoms with van der Waals surface area (Å²) in [4.78, 5) is 10.1. The van der Waals surface area contributed by atoms with Gasteiger partial charge in [0.1, 0.15) is 12.8 Å². The standard InChI is InChI=1S/C8H16N4O/c1-12(2)3-4-13-8-6-10-7(9)5-11-8/h6-7H,3-5,9H2,1-2H3. The normalized spacial score (nSPS) is 21.8. The maximum Gasteiger partial charge on any atom is 0.227 e. The van der Waals surface area contributed by atoms with Crippen LogP contribution in [0.15, 0.2) is 9.98 Å². The van der Waals surface area contributed by atoms with Gasteiger partial charge in [-0.1, -0.05) is 0 Å². The van der Waals surface area contributed by atoms with Gasteiger partial charge in [-0.2, -0.15) is 0 Å². The Morgan fingerprint density at radius 1 is 1.69 bits per heavy atom. The maximum atomic E-state index is 5.51. The van der Waals surface area contributed by atoms with Crippen molar-refractivity contribution in [3.05, 3.63) is 0 Å². The summed E-state index contributed by atoms with van der Waals surface area (Å²) in [6, 6.07) is 0. The first-order valence-corrected chi connectivity index (χ1v) is 4.29. The Kier molecular flexibility index (Phi) is 3.85. The molecule has 0 aromatic rings. The van der Waals surface area contributed by atoms with E-state index in [4.69, 9.17) is 10.5 Å². The molecule has 0 aromatic heterocycles. The number of ether oxygens (including phenoxy) is 1. The molecule has 0 amide bonds. The van der Waals surface area contributed by atoms with E-state index in [2.05, 4.69) is 9.98 Å². The molecule has 0 aliphatic carbocycles. The van der Waals surface area contributed by atoms with Crippen LogP contribution in [0.4, 0.5) is 0 Å². The van der Waals surface area contributed by atoms with Crippen LogP contribution in [0.3, 0.4) is 0 Å². The van der Waals surface area contributed by atoms with E-state index in [1.54, 1.807) is 6.21 Å². The van der Waals surface area contributed by atoms with E-state index in [1.807, 2.05) is 19.0 Å². The lowest BCUT2D eigenvalue weighted by Gasteiger charge is -2.13. The van der Waals surface area contributed by atoms with E-state index in [0.717, 1.165) is 6.54 Å². The van der Waals surface area contributed by atoms with E-state index in [0.29, 0.717) is 19.0 Å². The van der Waals surface area contributed by atoms with E-state index < -0.39 is 0 Å². The predicted molar refractivity (Wildman–Crippen MR) is 53.3 cm³/mol. The molecule has 0 spiro atoms. The molecule has 1 heterocycles. The van der Waals surface area contributed by atoms with E-state index in [9.17, 15) is 0 Å². The summed E-state index contributed by atoms with van der Waals surface area (Å²) in [6.45, 7) is 2.03. The zero-order chi connectivity index (χ0) is 9.68. The molecule has 0 radical (unpaired) electrons. The van der Waals surface area contributed by atoms with Crippen LogP contribution in [0.1, 0.15) is 0 Å². The van der Waals surface area contributed by atoms with Crippen LogP contribution in [0.5, 0.6) is 0 Å². The average molecular weight is 184 g/mol. The molecular formula is C8H16N4O. The second-order valence-electron chi connectivity index (χ2n) is 3.18. The Morgan fingerprint density at radius 3 is 3.00 bits per heavy atom. The van der Waals surface area contributed by atoms with Crippen LogP contribution in [-0.2, 0) is 4.74 Å². The summed E-state index contributed by atoms with van der Waals surface area (Å²) < 4.78 is 5.35. The largest absolute Gasteiger partial charge is 0.475 e. The lowest BCUT2D eigenvalue weighted by Crippen LogP contribution is -2.28. The first kappa shape index (κ1) is 10.1. The lowest BCUT2D eigenvalue weighted by atomic mass is 10.4. The Labute approximate surface area is 78.3 Å². The van der Waals surface area contributed by atoms with Gasteiger partial charge in [-0.15, -0.1) is 0 Å². The highest BCUT2D eigenvalue weighted by Crippen LogP contribution is 1.93. The summed E-state index contributed by atoms with van der Waals surface area (Å²) in [5.74, 6) is 0.587. The number of hydrogen-bond donors (Lipinski definition) is 1. The van der Waals surface area contributed by atoms with Gasteiger partial charge in [0, 0.05) is 6.54 Å². The fraction of sp³-hybridized carbons (Fsp3) is 0.750. The van der Waals surface area contributed by atoms with Crippen molar-refractivity contribution in [3.8, 4) is 0 Å². The van der Waals surface area contributed by atoms with Crippen molar-refractivity contribution in [2.24, 2.45) is 15.7 Å². The molecule has 1 rings (SSSR count). The highest BCUT2D eigenvalue weighted by molar-refractivity contribution is 6.26. The molecule has 0 saturated carbocycles. The first-order chi connectivity index (χ1) is 6.18. The Hall–Kier alpha value is -0.940. The molecule has 1 atom stereocenters. The maximum absolute atomic E-state index is 5.51. The smallest absolute Gasteiger partial charge is 0.227 e. The van der Waals surface area contributed by atoms with Crippen molar-refractivity contribution in [1.82, 2.24) is 4.90 Å². The van der Waals surface area contributed by atoms with Crippen LogP contribution in [0, 0.1) is 0 Å². The van der Waals surface area contributed by atoms with Gasteiger partial charge in [-0.25, -0.2) is 4.99 Å². The van der Waals surface area contributed by atoms with Crippen molar-refractivity contribution in [2.75, 3.05) is 33.8 Å². The molecule has 74 valence electrons. The molecule has 0 aromatic carbocycles. The van der Waals surface area contributed by atoms with Gasteiger partial charge >= 0.3 is 0 Å². The molecule has 1 aliphatic rings. The van der Waals surface area contributed by atoms with Crippen molar-refractivity contribution in [1.29, 1.82) is 0 Å². The lowest BCUT2D eigenvalue weighted by molar-refractivity contribution is 0.254. The third-order valence-corrected chi connectivity index (χ3v) is 1.60. The van der Waals surface area contributed by atoms with E-state index >= 15 is 0 Å². The van der Waals surface area contributed by atoms with Gasteiger partial charge in [0.05, 0.1) is 12.8 Å². The third-order valence-electron chi connectivity index (χ3n) is 1.60. The summed E-state index contributed by atoms with van der Waals surface area (Å²) in [5.41, 5.74) is 5.51. The first-order valence-electron chi connectivity index (χ1n) is 4.29. The van der Waals surface area contributed by atoms with Crippen molar-refractivity contribution in [3.63, 3.8) is 0 Å². The Balaban J connectivity index is 2.19. The number of rotatable bonds is 3. The predicted octanol–water partition coefficient (Wildman–Crippen LogP) is -0.668. The van der Waals surface area contributed by atoms with E-state index in [-0.39, 0.29) is 6.17 Å². The molecule has 1 unspecified atom stereocenters. The topological polar surface area (TPSA) is 63.2 Å². The van der Waals surface area contributed by atoms with Gasteiger partial charge in [0.15, 0.2) is 0 Å². The minimum atomic E-state index is -0.193. The fourth-order valence-corrected chi connectivity index (χ4v) is 0.847. The minimum absolute atomic E-state index is 0.193. The minimum Gasteiger partial charge on any atom is -0.475 e. The summed E-state index contributed by atoms with van der Waals surface area (Å²) in [7, 11) is 3.99. The highest BCUT2D eigenvalue weighted by atomic mass is 16.5. The van der Waals surface area contributed by atoms with Crippen LogP contribution in [0.25, 0.3) is 0 Å². The number of likely N-dealkylation sites (N-methyl/N-ethyl adjacent to an activating group) is 1. The number of nitrogens with zero attached hydrogens (tertiary/aromatic N) is 3. The number of nitrogens with two attached hydrogens (primary N) is 1. The van der Waals surface area contributed by atoms with Gasteiger partial charge < -0.3 is 15.4 Å². The molecule has 2 N–H and O–H groups in total. The van der Waals surface area contributed by atoms with Crippen molar-refractivity contribution < 1.29 is 4.74 Å². The Morgan fingerprint density at radius 2 is 2.46 bits per heavy atom. The highest BCUT2D eigenvalue weighted by Gasteiger charge is 2.06. The zero-order valence-corrected chi connectivity index (χ0v) is 8.10. The Bertz CT molecular complexity index is 212. The summed E-state index contributed by atoms with van der Waals surface area (Å²) >= 11 is 0. The van der Waals surface area contributed by atoms with Crippen molar-refractivity contribution >= 4 is 12.1 Å². The van der Waals surface area contributed by atoms with Gasteiger partial charge in [-0.3, -0.25) is 4.99 Å². The van der Waals surface area contributed by atoms with Gasteiger partial charge in [-0.05, 0) is 14.1 Å². The van der Waals surface area contributed by atoms with E-state index in [1.165, 1.54) is 0 Å². The third kappa shape index (κ3) is 4.00. The number of hydrogen-bond acceptors (Lipinski definition) is 5.